The number of fused-ring (bicyclic) bond motifs is 3. The molecule has 0 amide bonds. The molecule has 2 N–H and O–H groups in total. The number of aromatic hydroxyl groups is 1. The first-order valence-corrected chi connectivity index (χ1v) is 13.6. The van der Waals surface area contributed by atoms with E-state index in [2.05, 4.69) is 26.8 Å². The molecule has 7 rings (SSSR count). The molecule has 5 nitrogen and oxygen atoms in total. The van der Waals surface area contributed by atoms with E-state index >= 15 is 0 Å². The summed E-state index contributed by atoms with van der Waals surface area (Å²) < 4.78 is 19.9. The second kappa shape index (κ2) is 6.79. The zero-order valence-corrected chi connectivity index (χ0v) is 20.9. The Labute approximate surface area is 203 Å². The highest BCUT2D eigenvalue weighted by Gasteiger charge is 2.82. The van der Waals surface area contributed by atoms with Gasteiger partial charge in [-0.3, -0.25) is 0 Å². The molecule has 1 aromatic rings. The molecule has 2 saturated heterocycles. The summed E-state index contributed by atoms with van der Waals surface area (Å²) in [6, 6.07) is 7.89. The lowest BCUT2D eigenvalue weighted by Gasteiger charge is -2.58. The second-order valence-corrected chi connectivity index (χ2v) is 13.6. The summed E-state index contributed by atoms with van der Waals surface area (Å²) in [5, 5.41) is 22.0. The Morgan fingerprint density at radius 3 is 2.47 bits per heavy atom. The van der Waals surface area contributed by atoms with E-state index in [0.717, 1.165) is 70.1 Å². The number of hydrogen-bond donors (Lipinski definition) is 2. The van der Waals surface area contributed by atoms with Crippen molar-refractivity contribution in [3.63, 3.8) is 0 Å². The molecule has 186 valence electrons. The van der Waals surface area contributed by atoms with Crippen LogP contribution in [0.25, 0.3) is 0 Å². The Bertz CT molecular complexity index is 996. The van der Waals surface area contributed by atoms with Gasteiger partial charge in [-0.15, -0.1) is 0 Å². The van der Waals surface area contributed by atoms with E-state index in [9.17, 15) is 10.2 Å². The lowest BCUT2D eigenvalue weighted by molar-refractivity contribution is -0.315. The summed E-state index contributed by atoms with van der Waals surface area (Å²) in [5.41, 5.74) is 0.706. The fourth-order valence-corrected chi connectivity index (χ4v) is 9.50. The van der Waals surface area contributed by atoms with Gasteiger partial charge in [0.25, 0.3) is 0 Å². The minimum absolute atomic E-state index is 0.0621. The van der Waals surface area contributed by atoms with Gasteiger partial charge in [0.1, 0.15) is 17.0 Å². The Morgan fingerprint density at radius 2 is 1.71 bits per heavy atom. The first-order chi connectivity index (χ1) is 16.1. The van der Waals surface area contributed by atoms with E-state index in [4.69, 9.17) is 14.2 Å². The monoisotopic (exact) mass is 468 g/mol. The molecule has 0 aromatic heterocycles. The zero-order valence-electron chi connectivity index (χ0n) is 20.9. The number of benzene rings is 1. The van der Waals surface area contributed by atoms with Crippen LogP contribution in [0.1, 0.15) is 83.6 Å². The number of phenolic OH excluding ortho intramolecular Hbond substituents is 1. The van der Waals surface area contributed by atoms with Gasteiger partial charge in [0.15, 0.2) is 5.79 Å². The molecule has 1 aromatic carbocycles. The van der Waals surface area contributed by atoms with Crippen molar-refractivity contribution in [3.8, 4) is 5.75 Å². The predicted octanol–water partition coefficient (Wildman–Crippen LogP) is 5.14. The number of ether oxygens (including phenoxy) is 3. The van der Waals surface area contributed by atoms with Crippen LogP contribution >= 0.6 is 0 Å². The smallest absolute Gasteiger partial charge is 0.171 e. The molecule has 34 heavy (non-hydrogen) atoms. The van der Waals surface area contributed by atoms with Gasteiger partial charge in [0.05, 0.1) is 19.3 Å². The van der Waals surface area contributed by atoms with Crippen LogP contribution < -0.4 is 0 Å². The highest BCUT2D eigenvalue weighted by Crippen LogP contribution is 2.77. The fraction of sp³-hybridized carbons (Fsp3) is 0.793. The molecule has 2 heterocycles. The molecule has 5 heteroatoms. The number of para-hydroxylation sites is 1. The van der Waals surface area contributed by atoms with Crippen molar-refractivity contribution in [2.75, 3.05) is 13.2 Å². The Balaban J connectivity index is 1.27. The maximum absolute atomic E-state index is 11.1. The second-order valence-electron chi connectivity index (χ2n) is 13.6. The van der Waals surface area contributed by atoms with Gasteiger partial charge in [-0.25, -0.2) is 0 Å². The largest absolute Gasteiger partial charge is 0.508 e. The van der Waals surface area contributed by atoms with Crippen LogP contribution in [0.4, 0.5) is 0 Å². The van der Waals surface area contributed by atoms with Crippen LogP contribution in [0.2, 0.25) is 0 Å². The van der Waals surface area contributed by atoms with Crippen LogP contribution in [0, 0.1) is 28.6 Å². The SMILES string of the molecule is CC1(C)COC2(CC[C@]34O[C@]3(CC[C@@H]3[C@@H]4[C@@H](c4ccccc4O)C[C@]4(C)[C@@H](O)CC[C@@H]34)C2)OC1. The molecule has 6 aliphatic rings. The summed E-state index contributed by atoms with van der Waals surface area (Å²) in [4.78, 5) is 0. The molecule has 4 aliphatic carbocycles. The molecule has 0 unspecified atom stereocenters. The summed E-state index contributed by atoms with van der Waals surface area (Å²) in [6.45, 7) is 8.20. The maximum Gasteiger partial charge on any atom is 0.171 e. The van der Waals surface area contributed by atoms with Crippen molar-refractivity contribution in [2.45, 2.75) is 101 Å². The van der Waals surface area contributed by atoms with Crippen LogP contribution in [-0.2, 0) is 14.2 Å². The van der Waals surface area contributed by atoms with E-state index in [1.165, 1.54) is 0 Å². The van der Waals surface area contributed by atoms with E-state index in [0.29, 0.717) is 23.5 Å². The van der Waals surface area contributed by atoms with Gasteiger partial charge in [0, 0.05) is 24.2 Å². The first-order valence-electron chi connectivity index (χ1n) is 13.6. The van der Waals surface area contributed by atoms with Gasteiger partial charge < -0.3 is 24.4 Å². The highest BCUT2D eigenvalue weighted by molar-refractivity contribution is 5.40. The molecule has 6 fully saturated rings. The van der Waals surface area contributed by atoms with Crippen molar-refractivity contribution in [3.05, 3.63) is 29.8 Å². The molecule has 1 spiro atoms. The van der Waals surface area contributed by atoms with Crippen molar-refractivity contribution in [2.24, 2.45) is 28.6 Å². The first kappa shape index (κ1) is 22.1. The summed E-state index contributed by atoms with van der Waals surface area (Å²) in [6.07, 6.45) is 7.54. The highest BCUT2D eigenvalue weighted by atomic mass is 16.7. The topological polar surface area (TPSA) is 71.5 Å². The Hall–Kier alpha value is -1.14. The molecular weight excluding hydrogens is 428 g/mol. The van der Waals surface area contributed by atoms with Gasteiger partial charge in [0.2, 0.25) is 0 Å². The normalized spacial score (nSPS) is 50.1. The number of epoxide rings is 1. The number of hydrogen-bond acceptors (Lipinski definition) is 5. The average molecular weight is 469 g/mol. The van der Waals surface area contributed by atoms with E-state index in [1.54, 1.807) is 0 Å². The molecule has 4 saturated carbocycles. The van der Waals surface area contributed by atoms with E-state index in [-0.39, 0.29) is 34.1 Å². The van der Waals surface area contributed by atoms with Gasteiger partial charge in [-0.1, -0.05) is 39.0 Å². The third-order valence-electron chi connectivity index (χ3n) is 11.2. The summed E-state index contributed by atoms with van der Waals surface area (Å²) in [5.74, 6) is 1.52. The van der Waals surface area contributed by atoms with Crippen LogP contribution in [0.15, 0.2) is 24.3 Å². The number of phenols is 1. The summed E-state index contributed by atoms with van der Waals surface area (Å²) in [7, 11) is 0. The van der Waals surface area contributed by atoms with Crippen LogP contribution in [0.3, 0.4) is 0 Å². The molecular formula is C29H40O5. The fourth-order valence-electron chi connectivity index (χ4n) is 9.50. The maximum atomic E-state index is 11.1. The lowest BCUT2D eigenvalue weighted by atomic mass is 9.46. The molecule has 8 atom stereocenters. The standard InChI is InChI=1S/C29H40O5/c1-25(2)16-32-28(33-17-25)12-13-29-24-19(10-11-27(29,15-28)34-29)21-8-9-23(31)26(21,3)14-20(24)18-6-4-5-7-22(18)30/h4-7,19-21,23-24,30-31H,8-17H2,1-3H3/t19-,20+,21-,23-,24+,26-,27+,29+/m0/s1. The molecule has 0 bridgehead atoms. The number of aliphatic hydroxyl groups excluding tert-OH is 1. The Kier molecular flexibility index (Phi) is 4.41. The van der Waals surface area contributed by atoms with E-state index in [1.807, 2.05) is 18.2 Å². The average Bonchev–Trinajstić information content (AvgIpc) is 3.40. The van der Waals surface area contributed by atoms with Gasteiger partial charge in [-0.05, 0) is 73.3 Å². The Morgan fingerprint density at radius 1 is 0.941 bits per heavy atom. The van der Waals surface area contributed by atoms with Gasteiger partial charge >= 0.3 is 0 Å². The van der Waals surface area contributed by atoms with Crippen molar-refractivity contribution < 1.29 is 24.4 Å². The lowest BCUT2D eigenvalue weighted by Crippen LogP contribution is -2.60. The molecule has 0 radical (unpaired) electrons. The number of rotatable bonds is 1. The van der Waals surface area contributed by atoms with Crippen molar-refractivity contribution >= 4 is 0 Å². The van der Waals surface area contributed by atoms with Crippen molar-refractivity contribution in [1.29, 1.82) is 0 Å². The minimum Gasteiger partial charge on any atom is -0.508 e. The van der Waals surface area contributed by atoms with E-state index < -0.39 is 5.79 Å². The predicted molar refractivity (Wildman–Crippen MR) is 127 cm³/mol. The quantitative estimate of drug-likeness (QED) is 0.558. The molecule has 2 aliphatic heterocycles. The third kappa shape index (κ3) is 2.76. The van der Waals surface area contributed by atoms with Crippen LogP contribution in [0.5, 0.6) is 5.75 Å². The van der Waals surface area contributed by atoms with Gasteiger partial charge in [-0.2, -0.15) is 0 Å². The van der Waals surface area contributed by atoms with Crippen LogP contribution in [-0.4, -0.2) is 46.5 Å². The summed E-state index contributed by atoms with van der Waals surface area (Å²) >= 11 is 0. The minimum atomic E-state index is -0.501. The zero-order chi connectivity index (χ0) is 23.6. The number of aliphatic hydroxyl groups is 1. The third-order valence-corrected chi connectivity index (χ3v) is 11.2. The van der Waals surface area contributed by atoms with Crippen molar-refractivity contribution in [1.82, 2.24) is 0 Å².